The molecule has 0 bridgehead atoms. The highest BCUT2D eigenvalue weighted by atomic mass is 16.5. The van der Waals surface area contributed by atoms with E-state index in [0.29, 0.717) is 0 Å². The molecule has 0 aliphatic carbocycles. The largest absolute Gasteiger partial charge is 0.379 e. The number of hydrogen-bond donors (Lipinski definition) is 1. The van der Waals surface area contributed by atoms with Gasteiger partial charge in [-0.1, -0.05) is 20.8 Å². The molecule has 0 aromatic rings. The van der Waals surface area contributed by atoms with Gasteiger partial charge in [0.15, 0.2) is 0 Å². The summed E-state index contributed by atoms with van der Waals surface area (Å²) in [5.74, 6) is 0.738. The molecule has 86 valence electrons. The van der Waals surface area contributed by atoms with Crippen LogP contribution in [0.5, 0.6) is 0 Å². The maximum absolute atomic E-state index is 5.48. The van der Waals surface area contributed by atoms with E-state index in [9.17, 15) is 0 Å². The van der Waals surface area contributed by atoms with Gasteiger partial charge in [-0.2, -0.15) is 0 Å². The molecule has 14 heavy (non-hydrogen) atoms. The van der Waals surface area contributed by atoms with E-state index in [4.69, 9.17) is 4.74 Å². The molecule has 0 aliphatic heterocycles. The van der Waals surface area contributed by atoms with Crippen LogP contribution in [-0.4, -0.2) is 51.3 Å². The fourth-order valence-electron chi connectivity index (χ4n) is 1.36. The molecule has 0 atom stereocenters. The SMILES string of the molecule is CCNCCOCCN(C)CC(C)C. The first-order chi connectivity index (χ1) is 6.66. The van der Waals surface area contributed by atoms with Crippen molar-refractivity contribution < 1.29 is 4.74 Å². The molecule has 0 saturated heterocycles. The molecule has 3 nitrogen and oxygen atoms in total. The quantitative estimate of drug-likeness (QED) is 0.569. The Morgan fingerprint density at radius 1 is 1.29 bits per heavy atom. The first-order valence-electron chi connectivity index (χ1n) is 5.63. The van der Waals surface area contributed by atoms with Crippen LogP contribution in [0.1, 0.15) is 20.8 Å². The molecule has 3 heteroatoms. The zero-order valence-electron chi connectivity index (χ0n) is 10.2. The second-order valence-corrected chi connectivity index (χ2v) is 4.12. The topological polar surface area (TPSA) is 24.5 Å². The monoisotopic (exact) mass is 202 g/mol. The normalized spacial score (nSPS) is 11.6. The van der Waals surface area contributed by atoms with Gasteiger partial charge in [0.1, 0.15) is 0 Å². The molecule has 0 amide bonds. The summed E-state index contributed by atoms with van der Waals surface area (Å²) in [7, 11) is 2.15. The van der Waals surface area contributed by atoms with E-state index in [0.717, 1.165) is 45.3 Å². The first kappa shape index (κ1) is 13.9. The van der Waals surface area contributed by atoms with Crippen molar-refractivity contribution in [3.63, 3.8) is 0 Å². The minimum absolute atomic E-state index is 0.738. The van der Waals surface area contributed by atoms with Crippen LogP contribution in [-0.2, 0) is 4.74 Å². The summed E-state index contributed by atoms with van der Waals surface area (Å²) < 4.78 is 5.48. The number of nitrogens with zero attached hydrogens (tertiary/aromatic N) is 1. The van der Waals surface area contributed by atoms with Crippen LogP contribution in [0.3, 0.4) is 0 Å². The van der Waals surface area contributed by atoms with Gasteiger partial charge in [-0.25, -0.2) is 0 Å². The van der Waals surface area contributed by atoms with Crippen molar-refractivity contribution in [3.8, 4) is 0 Å². The van der Waals surface area contributed by atoms with Crippen LogP contribution in [0.2, 0.25) is 0 Å². The maximum atomic E-state index is 5.48. The molecule has 0 saturated carbocycles. The van der Waals surface area contributed by atoms with E-state index in [-0.39, 0.29) is 0 Å². The third kappa shape index (κ3) is 9.96. The van der Waals surface area contributed by atoms with Crippen LogP contribution in [0.25, 0.3) is 0 Å². The zero-order valence-corrected chi connectivity index (χ0v) is 10.2. The minimum Gasteiger partial charge on any atom is -0.379 e. The standard InChI is InChI=1S/C11H26N2O/c1-5-12-6-8-14-9-7-13(4)10-11(2)3/h11-12H,5-10H2,1-4H3. The lowest BCUT2D eigenvalue weighted by Gasteiger charge is -2.18. The van der Waals surface area contributed by atoms with Crippen molar-refractivity contribution in [1.82, 2.24) is 10.2 Å². The molecule has 0 aliphatic rings. The number of nitrogens with one attached hydrogen (secondary N) is 1. The number of likely N-dealkylation sites (N-methyl/N-ethyl adjacent to an activating group) is 2. The fourth-order valence-corrected chi connectivity index (χ4v) is 1.36. The lowest BCUT2D eigenvalue weighted by molar-refractivity contribution is 0.110. The minimum atomic E-state index is 0.738. The van der Waals surface area contributed by atoms with Crippen molar-refractivity contribution in [2.24, 2.45) is 5.92 Å². The number of hydrogen-bond acceptors (Lipinski definition) is 3. The molecule has 0 spiro atoms. The van der Waals surface area contributed by atoms with E-state index in [1.54, 1.807) is 0 Å². The average Bonchev–Trinajstić information content (AvgIpc) is 2.10. The van der Waals surface area contributed by atoms with Crippen LogP contribution < -0.4 is 5.32 Å². The lowest BCUT2D eigenvalue weighted by Crippen LogP contribution is -2.28. The third-order valence-electron chi connectivity index (χ3n) is 1.97. The highest BCUT2D eigenvalue weighted by Gasteiger charge is 2.00. The Bertz CT molecular complexity index is 118. The molecular weight excluding hydrogens is 176 g/mol. The van der Waals surface area contributed by atoms with Crippen LogP contribution in [0.4, 0.5) is 0 Å². The van der Waals surface area contributed by atoms with Crippen molar-refractivity contribution >= 4 is 0 Å². The van der Waals surface area contributed by atoms with E-state index >= 15 is 0 Å². The zero-order chi connectivity index (χ0) is 10.8. The number of ether oxygens (including phenoxy) is 1. The van der Waals surface area contributed by atoms with Crippen molar-refractivity contribution in [1.29, 1.82) is 0 Å². The molecule has 0 heterocycles. The first-order valence-corrected chi connectivity index (χ1v) is 5.63. The Hall–Kier alpha value is -0.120. The van der Waals surface area contributed by atoms with E-state index in [1.807, 2.05) is 0 Å². The van der Waals surface area contributed by atoms with Crippen LogP contribution in [0.15, 0.2) is 0 Å². The fraction of sp³-hybridized carbons (Fsp3) is 1.00. The van der Waals surface area contributed by atoms with Crippen molar-refractivity contribution in [3.05, 3.63) is 0 Å². The summed E-state index contributed by atoms with van der Waals surface area (Å²) in [5.41, 5.74) is 0. The molecule has 0 aromatic heterocycles. The Kier molecular flexibility index (Phi) is 9.35. The summed E-state index contributed by atoms with van der Waals surface area (Å²) in [4.78, 5) is 2.32. The van der Waals surface area contributed by atoms with Gasteiger partial charge in [-0.15, -0.1) is 0 Å². The van der Waals surface area contributed by atoms with Crippen molar-refractivity contribution in [2.45, 2.75) is 20.8 Å². The second kappa shape index (κ2) is 9.44. The van der Waals surface area contributed by atoms with Gasteiger partial charge < -0.3 is 15.0 Å². The van der Waals surface area contributed by atoms with E-state index in [1.165, 1.54) is 0 Å². The summed E-state index contributed by atoms with van der Waals surface area (Å²) in [6.45, 7) is 12.4. The van der Waals surface area contributed by atoms with Crippen molar-refractivity contribution in [2.75, 3.05) is 46.4 Å². The predicted octanol–water partition coefficient (Wildman–Crippen LogP) is 1.20. The average molecular weight is 202 g/mol. The lowest BCUT2D eigenvalue weighted by atomic mass is 10.2. The third-order valence-corrected chi connectivity index (χ3v) is 1.97. The number of rotatable bonds is 9. The Morgan fingerprint density at radius 2 is 2.00 bits per heavy atom. The van der Waals surface area contributed by atoms with E-state index < -0.39 is 0 Å². The highest BCUT2D eigenvalue weighted by Crippen LogP contribution is 1.94. The van der Waals surface area contributed by atoms with Crippen LogP contribution >= 0.6 is 0 Å². The highest BCUT2D eigenvalue weighted by molar-refractivity contribution is 4.53. The molecule has 0 unspecified atom stereocenters. The van der Waals surface area contributed by atoms with Gasteiger partial charge in [-0.3, -0.25) is 0 Å². The Balaban J connectivity index is 3.10. The van der Waals surface area contributed by atoms with Crippen LogP contribution in [0, 0.1) is 5.92 Å². The summed E-state index contributed by atoms with van der Waals surface area (Å²) >= 11 is 0. The van der Waals surface area contributed by atoms with E-state index in [2.05, 4.69) is 38.0 Å². The van der Waals surface area contributed by atoms with Gasteiger partial charge in [0.25, 0.3) is 0 Å². The van der Waals surface area contributed by atoms with Gasteiger partial charge in [-0.05, 0) is 19.5 Å². The molecule has 0 aromatic carbocycles. The summed E-state index contributed by atoms with van der Waals surface area (Å²) in [6, 6.07) is 0. The molecule has 0 rings (SSSR count). The Labute approximate surface area is 88.8 Å². The smallest absolute Gasteiger partial charge is 0.0593 e. The Morgan fingerprint density at radius 3 is 2.57 bits per heavy atom. The van der Waals surface area contributed by atoms with Gasteiger partial charge in [0.05, 0.1) is 13.2 Å². The van der Waals surface area contributed by atoms with Gasteiger partial charge in [0.2, 0.25) is 0 Å². The predicted molar refractivity (Wildman–Crippen MR) is 61.7 cm³/mol. The van der Waals surface area contributed by atoms with Gasteiger partial charge in [0, 0.05) is 19.6 Å². The molecule has 0 fully saturated rings. The molecule has 1 N–H and O–H groups in total. The second-order valence-electron chi connectivity index (χ2n) is 4.12. The maximum Gasteiger partial charge on any atom is 0.0593 e. The molecule has 0 radical (unpaired) electrons. The van der Waals surface area contributed by atoms with Gasteiger partial charge >= 0.3 is 0 Å². The summed E-state index contributed by atoms with van der Waals surface area (Å²) in [6.07, 6.45) is 0. The molecular formula is C11H26N2O. The summed E-state index contributed by atoms with van der Waals surface area (Å²) in [5, 5.41) is 3.23.